The molecule has 0 saturated heterocycles. The van der Waals surface area contributed by atoms with Crippen LogP contribution >= 0.6 is 11.8 Å². The van der Waals surface area contributed by atoms with Gasteiger partial charge in [0.15, 0.2) is 0 Å². The molecule has 0 aromatic heterocycles. The second-order valence-corrected chi connectivity index (χ2v) is 4.42. The Labute approximate surface area is 66.5 Å². The predicted octanol–water partition coefficient (Wildman–Crippen LogP) is 1.12. The van der Waals surface area contributed by atoms with E-state index in [1.54, 1.807) is 0 Å². The van der Waals surface area contributed by atoms with E-state index in [4.69, 9.17) is 0 Å². The molecular formula is C7H14N2S. The minimum Gasteiger partial charge on any atom is -0.373 e. The quantitative estimate of drug-likeness (QED) is 0.630. The van der Waals surface area contributed by atoms with E-state index >= 15 is 0 Å². The standard InChI is InChI=1S/C7H14N2S/c1-7(2)9-6(4-8-3)5-10-7/h5,8-9H,4H2,1-3H3. The van der Waals surface area contributed by atoms with Gasteiger partial charge in [-0.15, -0.1) is 11.8 Å². The van der Waals surface area contributed by atoms with Gasteiger partial charge in [0.05, 0.1) is 4.87 Å². The Hall–Kier alpha value is -0.150. The van der Waals surface area contributed by atoms with E-state index in [0.717, 1.165) is 6.54 Å². The zero-order valence-electron chi connectivity index (χ0n) is 6.69. The number of thioether (sulfide) groups is 1. The Balaban J connectivity index is 2.39. The van der Waals surface area contributed by atoms with Gasteiger partial charge in [-0.25, -0.2) is 0 Å². The first-order chi connectivity index (χ1) is 4.64. The van der Waals surface area contributed by atoms with Crippen molar-refractivity contribution in [1.29, 1.82) is 0 Å². The topological polar surface area (TPSA) is 24.1 Å². The number of hydrogen-bond acceptors (Lipinski definition) is 3. The molecule has 3 heteroatoms. The molecule has 1 aliphatic heterocycles. The Morgan fingerprint density at radius 1 is 1.70 bits per heavy atom. The highest BCUT2D eigenvalue weighted by Gasteiger charge is 2.22. The summed E-state index contributed by atoms with van der Waals surface area (Å²) in [6.45, 7) is 5.30. The molecule has 58 valence electrons. The second kappa shape index (κ2) is 2.84. The summed E-state index contributed by atoms with van der Waals surface area (Å²) in [4.78, 5) is 0.201. The number of rotatable bonds is 2. The molecular weight excluding hydrogens is 144 g/mol. The summed E-state index contributed by atoms with van der Waals surface area (Å²) >= 11 is 1.83. The van der Waals surface area contributed by atoms with Crippen molar-refractivity contribution in [2.45, 2.75) is 18.7 Å². The molecule has 0 aromatic rings. The van der Waals surface area contributed by atoms with Crippen LogP contribution in [-0.4, -0.2) is 18.5 Å². The Bertz CT molecular complexity index is 152. The smallest absolute Gasteiger partial charge is 0.0815 e. The summed E-state index contributed by atoms with van der Waals surface area (Å²) in [7, 11) is 1.96. The molecule has 0 fully saturated rings. The molecule has 0 saturated carbocycles. The van der Waals surface area contributed by atoms with Crippen molar-refractivity contribution >= 4 is 11.8 Å². The van der Waals surface area contributed by atoms with E-state index in [9.17, 15) is 0 Å². The number of nitrogens with one attached hydrogen (secondary N) is 2. The van der Waals surface area contributed by atoms with Crippen molar-refractivity contribution in [3.05, 3.63) is 11.1 Å². The summed E-state index contributed by atoms with van der Waals surface area (Å²) in [6.07, 6.45) is 0. The average molecular weight is 158 g/mol. The van der Waals surface area contributed by atoms with E-state index in [0.29, 0.717) is 0 Å². The van der Waals surface area contributed by atoms with Crippen LogP contribution in [0.1, 0.15) is 13.8 Å². The van der Waals surface area contributed by atoms with Crippen LogP contribution in [0.3, 0.4) is 0 Å². The van der Waals surface area contributed by atoms with Crippen LogP contribution in [-0.2, 0) is 0 Å². The molecule has 1 heterocycles. The third kappa shape index (κ3) is 1.92. The summed E-state index contributed by atoms with van der Waals surface area (Å²) in [5, 5.41) is 8.67. The van der Waals surface area contributed by atoms with E-state index < -0.39 is 0 Å². The first-order valence-corrected chi connectivity index (χ1v) is 4.32. The van der Waals surface area contributed by atoms with Crippen LogP contribution in [0.25, 0.3) is 0 Å². The Morgan fingerprint density at radius 2 is 2.40 bits per heavy atom. The molecule has 0 aromatic carbocycles. The van der Waals surface area contributed by atoms with Crippen molar-refractivity contribution < 1.29 is 0 Å². The van der Waals surface area contributed by atoms with Gasteiger partial charge in [-0.2, -0.15) is 0 Å². The van der Waals surface area contributed by atoms with Gasteiger partial charge in [0.1, 0.15) is 0 Å². The van der Waals surface area contributed by atoms with Gasteiger partial charge in [0.2, 0.25) is 0 Å². The lowest BCUT2D eigenvalue weighted by atomic mass is 10.3. The Morgan fingerprint density at radius 3 is 2.80 bits per heavy atom. The zero-order chi connectivity index (χ0) is 7.61. The van der Waals surface area contributed by atoms with E-state index in [1.807, 2.05) is 18.8 Å². The van der Waals surface area contributed by atoms with E-state index in [1.165, 1.54) is 5.70 Å². The predicted molar refractivity (Wildman–Crippen MR) is 46.8 cm³/mol. The maximum atomic E-state index is 3.39. The molecule has 0 atom stereocenters. The second-order valence-electron chi connectivity index (χ2n) is 2.93. The molecule has 0 aliphatic carbocycles. The van der Waals surface area contributed by atoms with Gasteiger partial charge in [-0.3, -0.25) is 0 Å². The summed E-state index contributed by atoms with van der Waals surface area (Å²) in [5.41, 5.74) is 1.29. The highest BCUT2D eigenvalue weighted by molar-refractivity contribution is 8.03. The molecule has 1 rings (SSSR count). The molecule has 0 bridgehead atoms. The molecule has 0 radical (unpaired) electrons. The summed E-state index contributed by atoms with van der Waals surface area (Å²) in [5.74, 6) is 0. The molecule has 0 amide bonds. The van der Waals surface area contributed by atoms with Crippen molar-refractivity contribution in [2.24, 2.45) is 0 Å². The monoisotopic (exact) mass is 158 g/mol. The van der Waals surface area contributed by atoms with Crippen molar-refractivity contribution in [1.82, 2.24) is 10.6 Å². The lowest BCUT2D eigenvalue weighted by molar-refractivity contribution is 0.607. The zero-order valence-corrected chi connectivity index (χ0v) is 7.51. The lowest BCUT2D eigenvalue weighted by Crippen LogP contribution is -2.33. The van der Waals surface area contributed by atoms with Crippen LogP contribution in [0.15, 0.2) is 11.1 Å². The maximum Gasteiger partial charge on any atom is 0.0815 e. The van der Waals surface area contributed by atoms with E-state index in [-0.39, 0.29) is 4.87 Å². The van der Waals surface area contributed by atoms with Crippen LogP contribution in [0.4, 0.5) is 0 Å². The van der Waals surface area contributed by atoms with Gasteiger partial charge in [-0.05, 0) is 26.3 Å². The minimum atomic E-state index is 0.201. The first-order valence-electron chi connectivity index (χ1n) is 3.44. The fourth-order valence-corrected chi connectivity index (χ4v) is 1.71. The number of hydrogen-bond donors (Lipinski definition) is 2. The van der Waals surface area contributed by atoms with Crippen LogP contribution in [0.5, 0.6) is 0 Å². The van der Waals surface area contributed by atoms with Gasteiger partial charge in [0.25, 0.3) is 0 Å². The van der Waals surface area contributed by atoms with Gasteiger partial charge < -0.3 is 10.6 Å². The highest BCUT2D eigenvalue weighted by atomic mass is 32.2. The third-order valence-electron chi connectivity index (χ3n) is 1.32. The summed E-state index contributed by atoms with van der Waals surface area (Å²) in [6, 6.07) is 0. The Kier molecular flexibility index (Phi) is 2.26. The largest absolute Gasteiger partial charge is 0.373 e. The lowest BCUT2D eigenvalue weighted by Gasteiger charge is -2.19. The van der Waals surface area contributed by atoms with E-state index in [2.05, 4.69) is 29.9 Å². The van der Waals surface area contributed by atoms with Gasteiger partial charge >= 0.3 is 0 Å². The minimum absolute atomic E-state index is 0.201. The summed E-state index contributed by atoms with van der Waals surface area (Å²) < 4.78 is 0. The third-order valence-corrected chi connectivity index (χ3v) is 2.42. The van der Waals surface area contributed by atoms with Crippen molar-refractivity contribution in [3.63, 3.8) is 0 Å². The normalized spacial score (nSPS) is 22.1. The average Bonchev–Trinajstić information content (AvgIpc) is 2.12. The molecule has 2 nitrogen and oxygen atoms in total. The molecule has 2 N–H and O–H groups in total. The van der Waals surface area contributed by atoms with Gasteiger partial charge in [-0.1, -0.05) is 0 Å². The SMILES string of the molecule is CNCC1=CSC(C)(C)N1. The first kappa shape index (κ1) is 7.95. The van der Waals surface area contributed by atoms with Gasteiger partial charge in [0, 0.05) is 12.2 Å². The molecule has 1 aliphatic rings. The van der Waals surface area contributed by atoms with Crippen LogP contribution in [0, 0.1) is 0 Å². The van der Waals surface area contributed by atoms with Crippen molar-refractivity contribution in [3.8, 4) is 0 Å². The molecule has 0 unspecified atom stereocenters. The fraction of sp³-hybridized carbons (Fsp3) is 0.714. The fourth-order valence-electron chi connectivity index (χ4n) is 0.940. The van der Waals surface area contributed by atoms with Crippen LogP contribution in [0.2, 0.25) is 0 Å². The highest BCUT2D eigenvalue weighted by Crippen LogP contribution is 2.29. The molecule has 10 heavy (non-hydrogen) atoms. The van der Waals surface area contributed by atoms with Crippen LogP contribution < -0.4 is 10.6 Å². The maximum absolute atomic E-state index is 3.39. The molecule has 0 spiro atoms. The van der Waals surface area contributed by atoms with Crippen molar-refractivity contribution in [2.75, 3.05) is 13.6 Å². The number of likely N-dealkylation sites (N-methyl/N-ethyl adjacent to an activating group) is 1.